The molecule has 0 heterocycles. The summed E-state index contributed by atoms with van der Waals surface area (Å²) in [6.07, 6.45) is 0.394. The van der Waals surface area contributed by atoms with Crippen LogP contribution >= 0.6 is 0 Å². The van der Waals surface area contributed by atoms with Crippen LogP contribution in [0.5, 0.6) is 0 Å². The van der Waals surface area contributed by atoms with E-state index >= 15 is 0 Å². The number of esters is 1. The molecular weight excluding hydrogens is 228 g/mol. The SMILES string of the molecule is CCOC(=O)CNCCc1ccc(F)cc1F. The Morgan fingerprint density at radius 1 is 1.41 bits per heavy atom. The monoisotopic (exact) mass is 243 g/mol. The average Bonchev–Trinajstić information content (AvgIpc) is 2.27. The molecule has 0 unspecified atom stereocenters. The van der Waals surface area contributed by atoms with Gasteiger partial charge in [0.2, 0.25) is 0 Å². The Labute approximate surface area is 98.8 Å². The molecule has 94 valence electrons. The Morgan fingerprint density at radius 2 is 2.18 bits per heavy atom. The summed E-state index contributed by atoms with van der Waals surface area (Å²) in [6, 6.07) is 3.46. The maximum Gasteiger partial charge on any atom is 0.319 e. The minimum atomic E-state index is -0.592. The van der Waals surface area contributed by atoms with Crippen LogP contribution in [0.3, 0.4) is 0 Å². The zero-order valence-electron chi connectivity index (χ0n) is 9.63. The van der Waals surface area contributed by atoms with Gasteiger partial charge in [-0.3, -0.25) is 4.79 Å². The minimum absolute atomic E-state index is 0.0939. The maximum atomic E-state index is 13.2. The van der Waals surface area contributed by atoms with Crippen molar-refractivity contribution in [3.8, 4) is 0 Å². The summed E-state index contributed by atoms with van der Waals surface area (Å²) in [4.78, 5) is 11.0. The molecule has 0 atom stereocenters. The fourth-order valence-corrected chi connectivity index (χ4v) is 1.35. The zero-order chi connectivity index (χ0) is 12.7. The number of ether oxygens (including phenoxy) is 1. The summed E-state index contributed by atoms with van der Waals surface area (Å²) >= 11 is 0. The second-order valence-electron chi connectivity index (χ2n) is 3.47. The van der Waals surface area contributed by atoms with Crippen molar-refractivity contribution in [2.24, 2.45) is 0 Å². The van der Waals surface area contributed by atoms with E-state index in [2.05, 4.69) is 5.32 Å². The van der Waals surface area contributed by atoms with Gasteiger partial charge in [0, 0.05) is 6.07 Å². The highest BCUT2D eigenvalue weighted by atomic mass is 19.1. The molecule has 0 amide bonds. The molecule has 0 aliphatic carbocycles. The molecule has 5 heteroatoms. The lowest BCUT2D eigenvalue weighted by Crippen LogP contribution is -2.26. The molecule has 0 fully saturated rings. The molecular formula is C12H15F2NO2. The van der Waals surface area contributed by atoms with E-state index in [4.69, 9.17) is 4.74 Å². The van der Waals surface area contributed by atoms with Gasteiger partial charge >= 0.3 is 5.97 Å². The first-order chi connectivity index (χ1) is 8.13. The lowest BCUT2D eigenvalue weighted by molar-refractivity contribution is -0.141. The molecule has 0 radical (unpaired) electrons. The number of benzene rings is 1. The molecule has 0 spiro atoms. The lowest BCUT2D eigenvalue weighted by Gasteiger charge is -2.05. The van der Waals surface area contributed by atoms with E-state index in [9.17, 15) is 13.6 Å². The molecule has 0 aliphatic rings. The Hall–Kier alpha value is -1.49. The third-order valence-electron chi connectivity index (χ3n) is 2.16. The van der Waals surface area contributed by atoms with Crippen LogP contribution in [-0.2, 0) is 16.0 Å². The summed E-state index contributed by atoms with van der Waals surface area (Å²) in [5.74, 6) is -1.50. The fourth-order valence-electron chi connectivity index (χ4n) is 1.35. The molecule has 3 nitrogen and oxygen atoms in total. The Bertz CT molecular complexity index is 383. The summed E-state index contributed by atoms with van der Waals surface area (Å²) in [7, 11) is 0. The van der Waals surface area contributed by atoms with E-state index in [0.29, 0.717) is 25.1 Å². The molecule has 1 rings (SSSR count). The Balaban J connectivity index is 2.29. The van der Waals surface area contributed by atoms with Crippen molar-refractivity contribution in [2.75, 3.05) is 19.7 Å². The second-order valence-corrected chi connectivity index (χ2v) is 3.47. The van der Waals surface area contributed by atoms with Crippen LogP contribution in [0.1, 0.15) is 12.5 Å². The van der Waals surface area contributed by atoms with E-state index in [1.165, 1.54) is 12.1 Å². The molecule has 0 aliphatic heterocycles. The largest absolute Gasteiger partial charge is 0.465 e. The van der Waals surface area contributed by atoms with Crippen molar-refractivity contribution in [1.82, 2.24) is 5.32 Å². The van der Waals surface area contributed by atoms with Crippen molar-refractivity contribution in [3.63, 3.8) is 0 Å². The van der Waals surface area contributed by atoms with E-state index in [1.807, 2.05) is 0 Å². The van der Waals surface area contributed by atoms with Crippen molar-refractivity contribution < 1.29 is 18.3 Å². The van der Waals surface area contributed by atoms with Gasteiger partial charge in [0.25, 0.3) is 0 Å². The van der Waals surface area contributed by atoms with Gasteiger partial charge in [-0.15, -0.1) is 0 Å². The highest BCUT2D eigenvalue weighted by Crippen LogP contribution is 2.09. The van der Waals surface area contributed by atoms with Crippen molar-refractivity contribution in [2.45, 2.75) is 13.3 Å². The average molecular weight is 243 g/mol. The fraction of sp³-hybridized carbons (Fsp3) is 0.417. The second kappa shape index (κ2) is 6.96. The standard InChI is InChI=1S/C12H15F2NO2/c1-2-17-12(16)8-15-6-5-9-3-4-10(13)7-11(9)14/h3-4,7,15H,2,5-6,8H2,1H3. The van der Waals surface area contributed by atoms with E-state index < -0.39 is 11.6 Å². The summed E-state index contributed by atoms with van der Waals surface area (Å²) in [5, 5.41) is 2.83. The van der Waals surface area contributed by atoms with Gasteiger partial charge in [-0.05, 0) is 31.5 Å². The lowest BCUT2D eigenvalue weighted by atomic mass is 10.1. The molecule has 1 N–H and O–H groups in total. The van der Waals surface area contributed by atoms with Gasteiger partial charge < -0.3 is 10.1 Å². The predicted molar refractivity (Wildman–Crippen MR) is 59.6 cm³/mol. The quantitative estimate of drug-likeness (QED) is 0.610. The number of hydrogen-bond donors (Lipinski definition) is 1. The predicted octanol–water partition coefficient (Wildman–Crippen LogP) is 1.66. The number of carbonyl (C=O) groups excluding carboxylic acids is 1. The first-order valence-corrected chi connectivity index (χ1v) is 5.43. The van der Waals surface area contributed by atoms with Crippen LogP contribution < -0.4 is 5.32 Å². The van der Waals surface area contributed by atoms with Gasteiger partial charge in [-0.25, -0.2) is 8.78 Å². The van der Waals surface area contributed by atoms with Gasteiger partial charge in [-0.1, -0.05) is 6.07 Å². The van der Waals surface area contributed by atoms with Crippen molar-refractivity contribution in [3.05, 3.63) is 35.4 Å². The van der Waals surface area contributed by atoms with Gasteiger partial charge in [-0.2, -0.15) is 0 Å². The van der Waals surface area contributed by atoms with E-state index in [0.717, 1.165) is 6.07 Å². The molecule has 1 aromatic carbocycles. The molecule has 0 saturated carbocycles. The van der Waals surface area contributed by atoms with Crippen LogP contribution in [0.25, 0.3) is 0 Å². The number of rotatable bonds is 6. The van der Waals surface area contributed by atoms with Gasteiger partial charge in [0.15, 0.2) is 0 Å². The highest BCUT2D eigenvalue weighted by Gasteiger charge is 2.04. The number of halogens is 2. The molecule has 0 bridgehead atoms. The Morgan fingerprint density at radius 3 is 2.82 bits per heavy atom. The minimum Gasteiger partial charge on any atom is -0.465 e. The number of carbonyl (C=O) groups is 1. The third kappa shape index (κ3) is 4.91. The third-order valence-corrected chi connectivity index (χ3v) is 2.16. The highest BCUT2D eigenvalue weighted by molar-refractivity contribution is 5.71. The van der Waals surface area contributed by atoms with Crippen molar-refractivity contribution >= 4 is 5.97 Å². The smallest absolute Gasteiger partial charge is 0.319 e. The molecule has 0 aromatic heterocycles. The summed E-state index contributed by atoms with van der Waals surface area (Å²) < 4.78 is 30.5. The molecule has 1 aromatic rings. The first-order valence-electron chi connectivity index (χ1n) is 5.43. The number of hydrogen-bond acceptors (Lipinski definition) is 3. The van der Waals surface area contributed by atoms with Gasteiger partial charge in [0.1, 0.15) is 11.6 Å². The molecule has 17 heavy (non-hydrogen) atoms. The zero-order valence-corrected chi connectivity index (χ0v) is 9.63. The van der Waals surface area contributed by atoms with Crippen LogP contribution in [0.4, 0.5) is 8.78 Å². The first kappa shape index (κ1) is 13.6. The summed E-state index contributed by atoms with van der Waals surface area (Å²) in [6.45, 7) is 2.59. The summed E-state index contributed by atoms with van der Waals surface area (Å²) in [5.41, 5.74) is 0.419. The normalized spacial score (nSPS) is 10.3. The number of nitrogens with one attached hydrogen (secondary N) is 1. The van der Waals surface area contributed by atoms with Crippen LogP contribution in [0, 0.1) is 11.6 Å². The van der Waals surface area contributed by atoms with E-state index in [-0.39, 0.29) is 12.5 Å². The van der Waals surface area contributed by atoms with E-state index in [1.54, 1.807) is 6.92 Å². The van der Waals surface area contributed by atoms with Crippen LogP contribution in [-0.4, -0.2) is 25.7 Å². The van der Waals surface area contributed by atoms with Crippen LogP contribution in [0.2, 0.25) is 0 Å². The topological polar surface area (TPSA) is 38.3 Å². The van der Waals surface area contributed by atoms with Gasteiger partial charge in [0.05, 0.1) is 13.2 Å². The molecule has 0 saturated heterocycles. The van der Waals surface area contributed by atoms with Crippen LogP contribution in [0.15, 0.2) is 18.2 Å². The maximum absolute atomic E-state index is 13.2. The Kier molecular flexibility index (Phi) is 5.56. The van der Waals surface area contributed by atoms with Crippen molar-refractivity contribution in [1.29, 1.82) is 0 Å².